The molecule has 118 valence electrons. The third kappa shape index (κ3) is 4.30. The lowest BCUT2D eigenvalue weighted by atomic mass is 9.95. The molecule has 1 aromatic rings. The van der Waals surface area contributed by atoms with Crippen molar-refractivity contribution in [1.82, 2.24) is 5.32 Å². The summed E-state index contributed by atoms with van der Waals surface area (Å²) in [7, 11) is -2.83. The van der Waals surface area contributed by atoms with Crippen LogP contribution in [0, 0.1) is 5.92 Å². The Hall–Kier alpha value is -0.870. The summed E-state index contributed by atoms with van der Waals surface area (Å²) in [6.45, 7) is 4.92. The molecule has 0 bridgehead atoms. The van der Waals surface area contributed by atoms with E-state index in [9.17, 15) is 8.42 Å². The third-order valence-corrected chi connectivity index (χ3v) is 6.22. The smallest absolute Gasteiger partial charge is 0.150 e. The molecule has 2 atom stereocenters. The van der Waals surface area contributed by atoms with Crippen LogP contribution >= 0.6 is 0 Å². The number of nitrogens with one attached hydrogen (secondary N) is 1. The van der Waals surface area contributed by atoms with Crippen LogP contribution < -0.4 is 5.32 Å². The van der Waals surface area contributed by atoms with Gasteiger partial charge in [-0.3, -0.25) is 0 Å². The number of benzene rings is 1. The van der Waals surface area contributed by atoms with Crippen molar-refractivity contribution in [3.8, 4) is 0 Å². The van der Waals surface area contributed by atoms with Gasteiger partial charge in [0.1, 0.15) is 9.84 Å². The van der Waals surface area contributed by atoms with E-state index >= 15 is 0 Å². The molecule has 1 aromatic carbocycles. The highest BCUT2D eigenvalue weighted by Crippen LogP contribution is 2.38. The predicted octanol–water partition coefficient (Wildman–Crippen LogP) is 3.11. The molecule has 2 rings (SSSR count). The van der Waals surface area contributed by atoms with Gasteiger partial charge in [-0.15, -0.1) is 0 Å². The van der Waals surface area contributed by atoms with E-state index in [1.165, 1.54) is 11.1 Å². The largest absolute Gasteiger partial charge is 0.310 e. The van der Waals surface area contributed by atoms with Gasteiger partial charge in [0.05, 0.1) is 5.75 Å². The summed E-state index contributed by atoms with van der Waals surface area (Å²) in [6, 6.07) is 9.01. The van der Waals surface area contributed by atoms with Gasteiger partial charge in [-0.1, -0.05) is 38.1 Å². The minimum absolute atomic E-state index is 0.259. The zero-order valence-corrected chi connectivity index (χ0v) is 14.0. The maximum atomic E-state index is 11.6. The fourth-order valence-corrected chi connectivity index (χ4v) is 4.13. The van der Waals surface area contributed by atoms with Crippen molar-refractivity contribution in [2.75, 3.05) is 18.1 Å². The number of hydrogen-bond donors (Lipinski definition) is 1. The minimum atomic E-state index is -2.83. The van der Waals surface area contributed by atoms with Crippen LogP contribution in [0.5, 0.6) is 0 Å². The van der Waals surface area contributed by atoms with E-state index in [1.54, 1.807) is 6.92 Å². The highest BCUT2D eigenvalue weighted by atomic mass is 32.2. The molecule has 0 aromatic heterocycles. The van der Waals surface area contributed by atoms with Crippen molar-refractivity contribution in [3.05, 3.63) is 35.4 Å². The zero-order chi connectivity index (χ0) is 15.3. The summed E-state index contributed by atoms with van der Waals surface area (Å²) in [4.78, 5) is 0. The number of rotatable bonds is 8. The molecule has 0 aliphatic heterocycles. The fraction of sp³-hybridized carbons (Fsp3) is 0.647. The summed E-state index contributed by atoms with van der Waals surface area (Å²) < 4.78 is 23.3. The van der Waals surface area contributed by atoms with E-state index in [1.807, 2.05) is 0 Å². The molecule has 1 aliphatic rings. The molecule has 3 nitrogen and oxygen atoms in total. The molecular formula is C17H27NO2S. The first-order valence-electron chi connectivity index (χ1n) is 8.09. The molecule has 0 spiro atoms. The SMILES string of the molecule is CCCNC1c2ccccc2CC1CCCS(=O)(=O)CC. The first-order chi connectivity index (χ1) is 10.1. The topological polar surface area (TPSA) is 46.2 Å². The fourth-order valence-electron chi connectivity index (χ4n) is 3.23. The van der Waals surface area contributed by atoms with Gasteiger partial charge in [-0.25, -0.2) is 8.42 Å². The molecule has 2 unspecified atom stereocenters. The van der Waals surface area contributed by atoms with Crippen LogP contribution in [-0.2, 0) is 16.3 Å². The normalized spacial score (nSPS) is 21.4. The number of hydrogen-bond acceptors (Lipinski definition) is 3. The molecule has 0 saturated carbocycles. The second-order valence-corrected chi connectivity index (χ2v) is 8.45. The standard InChI is InChI=1S/C17H27NO2S/c1-3-11-18-17-15(9-7-12-21(19,20)4-2)13-14-8-5-6-10-16(14)17/h5-6,8,10,15,17-18H,3-4,7,9,11-13H2,1-2H3. The Labute approximate surface area is 129 Å². The average molecular weight is 309 g/mol. The number of sulfone groups is 1. The van der Waals surface area contributed by atoms with Crippen molar-refractivity contribution in [2.24, 2.45) is 5.92 Å². The quantitative estimate of drug-likeness (QED) is 0.802. The third-order valence-electron chi connectivity index (χ3n) is 4.43. The Balaban J connectivity index is 1.99. The molecule has 1 aliphatic carbocycles. The van der Waals surface area contributed by atoms with E-state index < -0.39 is 9.84 Å². The van der Waals surface area contributed by atoms with E-state index in [0.717, 1.165) is 32.2 Å². The van der Waals surface area contributed by atoms with Crippen molar-refractivity contribution >= 4 is 9.84 Å². The van der Waals surface area contributed by atoms with Gasteiger partial charge >= 0.3 is 0 Å². The van der Waals surface area contributed by atoms with Gasteiger partial charge in [-0.2, -0.15) is 0 Å². The van der Waals surface area contributed by atoms with Crippen LogP contribution in [0.2, 0.25) is 0 Å². The molecule has 4 heteroatoms. The van der Waals surface area contributed by atoms with Crippen LogP contribution in [0.3, 0.4) is 0 Å². The Kier molecular flexibility index (Phi) is 5.82. The molecule has 0 amide bonds. The average Bonchev–Trinajstić information content (AvgIpc) is 2.82. The molecule has 0 saturated heterocycles. The molecule has 0 heterocycles. The van der Waals surface area contributed by atoms with E-state index in [0.29, 0.717) is 17.7 Å². The molecule has 0 radical (unpaired) electrons. The molecule has 1 N–H and O–H groups in total. The second kappa shape index (κ2) is 7.41. The summed E-state index contributed by atoms with van der Waals surface area (Å²) >= 11 is 0. The Morgan fingerprint density at radius 2 is 2.00 bits per heavy atom. The molecule has 0 fully saturated rings. The summed E-state index contributed by atoms with van der Waals surface area (Å²) in [5.41, 5.74) is 2.84. The zero-order valence-electron chi connectivity index (χ0n) is 13.1. The monoisotopic (exact) mass is 309 g/mol. The van der Waals surface area contributed by atoms with Gasteiger partial charge < -0.3 is 5.32 Å². The van der Waals surface area contributed by atoms with Crippen molar-refractivity contribution in [3.63, 3.8) is 0 Å². The van der Waals surface area contributed by atoms with Crippen LogP contribution in [-0.4, -0.2) is 26.5 Å². The maximum Gasteiger partial charge on any atom is 0.150 e. The summed E-state index contributed by atoms with van der Waals surface area (Å²) in [5, 5.41) is 3.65. The number of fused-ring (bicyclic) bond motifs is 1. The maximum absolute atomic E-state index is 11.6. The van der Waals surface area contributed by atoms with Gasteiger partial charge in [0.2, 0.25) is 0 Å². The van der Waals surface area contributed by atoms with Crippen LogP contribution in [0.15, 0.2) is 24.3 Å². The molecule has 21 heavy (non-hydrogen) atoms. The van der Waals surface area contributed by atoms with Gasteiger partial charge in [-0.05, 0) is 49.3 Å². The van der Waals surface area contributed by atoms with Crippen molar-refractivity contribution in [2.45, 2.75) is 45.6 Å². The lowest BCUT2D eigenvalue weighted by Crippen LogP contribution is -2.26. The first-order valence-corrected chi connectivity index (χ1v) is 9.91. The van der Waals surface area contributed by atoms with Crippen LogP contribution in [0.1, 0.15) is 50.3 Å². The van der Waals surface area contributed by atoms with E-state index in [2.05, 4.69) is 36.5 Å². The van der Waals surface area contributed by atoms with E-state index in [-0.39, 0.29) is 5.75 Å². The summed E-state index contributed by atoms with van der Waals surface area (Å²) in [6.07, 6.45) is 3.95. The Morgan fingerprint density at radius 1 is 1.24 bits per heavy atom. The molecular weight excluding hydrogens is 282 g/mol. The second-order valence-electron chi connectivity index (χ2n) is 5.97. The highest BCUT2D eigenvalue weighted by molar-refractivity contribution is 7.91. The predicted molar refractivity (Wildman–Crippen MR) is 88.2 cm³/mol. The van der Waals surface area contributed by atoms with Gasteiger partial charge in [0.15, 0.2) is 0 Å². The van der Waals surface area contributed by atoms with Crippen molar-refractivity contribution in [1.29, 1.82) is 0 Å². The van der Waals surface area contributed by atoms with Crippen molar-refractivity contribution < 1.29 is 8.42 Å². The van der Waals surface area contributed by atoms with E-state index in [4.69, 9.17) is 0 Å². The first kappa shape index (κ1) is 16.5. The lowest BCUT2D eigenvalue weighted by molar-refractivity contribution is 0.365. The van der Waals surface area contributed by atoms with Crippen LogP contribution in [0.4, 0.5) is 0 Å². The van der Waals surface area contributed by atoms with Crippen LogP contribution in [0.25, 0.3) is 0 Å². The minimum Gasteiger partial charge on any atom is -0.310 e. The van der Waals surface area contributed by atoms with Gasteiger partial charge in [0.25, 0.3) is 0 Å². The summed E-state index contributed by atoms with van der Waals surface area (Å²) in [5.74, 6) is 1.12. The van der Waals surface area contributed by atoms with Gasteiger partial charge in [0, 0.05) is 11.8 Å². The Morgan fingerprint density at radius 3 is 2.71 bits per heavy atom. The highest BCUT2D eigenvalue weighted by Gasteiger charge is 2.31. The Bertz CT molecular complexity index is 554. The lowest BCUT2D eigenvalue weighted by Gasteiger charge is -2.22.